The first kappa shape index (κ1) is 18.7. The number of aromatic nitrogens is 3. The minimum absolute atomic E-state index is 0.0222. The zero-order valence-electron chi connectivity index (χ0n) is 15.4. The van der Waals surface area contributed by atoms with Crippen molar-refractivity contribution in [3.05, 3.63) is 57.8 Å². The minimum Gasteiger partial charge on any atom is -0.505 e. The lowest BCUT2D eigenvalue weighted by atomic mass is 10.2. The van der Waals surface area contributed by atoms with Crippen LogP contribution in [0.5, 0.6) is 5.75 Å². The van der Waals surface area contributed by atoms with E-state index in [2.05, 4.69) is 4.98 Å². The summed E-state index contributed by atoms with van der Waals surface area (Å²) >= 11 is 0. The molecule has 8 heteroatoms. The van der Waals surface area contributed by atoms with E-state index in [1.807, 2.05) is 30.3 Å². The number of hydrogen-bond donors (Lipinski definition) is 1. The number of carbonyl (C=O) groups excluding carboxylic acids is 1. The van der Waals surface area contributed by atoms with E-state index < -0.39 is 17.3 Å². The van der Waals surface area contributed by atoms with Crippen LogP contribution >= 0.6 is 0 Å². The van der Waals surface area contributed by atoms with Crippen LogP contribution in [0.3, 0.4) is 0 Å². The molecular weight excluding hydrogens is 350 g/mol. The summed E-state index contributed by atoms with van der Waals surface area (Å²) in [7, 11) is 1.55. The number of benzene rings is 1. The fourth-order valence-electron chi connectivity index (χ4n) is 2.89. The number of aryl methyl sites for hydroxylation is 2. The average Bonchev–Trinajstić information content (AvgIpc) is 2.89. The second-order valence-electron chi connectivity index (χ2n) is 6.03. The minimum atomic E-state index is -0.709. The third kappa shape index (κ3) is 3.43. The number of nitrogens with zero attached hydrogens (tertiary/aromatic N) is 3. The largest absolute Gasteiger partial charge is 0.505 e. The van der Waals surface area contributed by atoms with Crippen LogP contribution in [0.15, 0.2) is 35.1 Å². The van der Waals surface area contributed by atoms with E-state index in [0.717, 1.165) is 5.56 Å². The van der Waals surface area contributed by atoms with Gasteiger partial charge in [-0.25, -0.2) is 9.78 Å². The van der Waals surface area contributed by atoms with Crippen molar-refractivity contribution in [2.75, 3.05) is 6.61 Å². The quantitative estimate of drug-likeness (QED) is 0.667. The molecule has 0 spiro atoms. The fraction of sp³-hybridized carbons (Fsp3) is 0.316. The van der Waals surface area contributed by atoms with Crippen molar-refractivity contribution in [1.82, 2.24) is 14.1 Å². The summed E-state index contributed by atoms with van der Waals surface area (Å²) in [5.74, 6) is -0.726. The maximum absolute atomic E-state index is 12.9. The van der Waals surface area contributed by atoms with Crippen LogP contribution in [0.25, 0.3) is 11.0 Å². The summed E-state index contributed by atoms with van der Waals surface area (Å²) in [6.07, 6.45) is 0. The van der Waals surface area contributed by atoms with Crippen LogP contribution < -0.4 is 5.56 Å². The van der Waals surface area contributed by atoms with E-state index in [1.165, 1.54) is 9.13 Å². The third-order valence-electron chi connectivity index (χ3n) is 4.26. The average molecular weight is 371 g/mol. The molecule has 0 bridgehead atoms. The molecule has 0 saturated carbocycles. The lowest BCUT2D eigenvalue weighted by molar-refractivity contribution is 0.0512. The first-order chi connectivity index (χ1) is 13.0. The van der Waals surface area contributed by atoms with Crippen molar-refractivity contribution in [2.45, 2.75) is 27.2 Å². The summed E-state index contributed by atoms with van der Waals surface area (Å²) in [6.45, 7) is 3.80. The van der Waals surface area contributed by atoms with Gasteiger partial charge in [-0.3, -0.25) is 9.36 Å². The van der Waals surface area contributed by atoms with Crippen molar-refractivity contribution >= 4 is 17.0 Å². The topological polar surface area (TPSA) is 95.6 Å². The summed E-state index contributed by atoms with van der Waals surface area (Å²) < 4.78 is 13.3. The van der Waals surface area contributed by atoms with Crippen LogP contribution in [-0.2, 0) is 29.9 Å². The molecule has 0 amide bonds. The Hall–Kier alpha value is -3.13. The third-order valence-corrected chi connectivity index (χ3v) is 4.26. The number of carbonyl (C=O) groups is 1. The summed E-state index contributed by atoms with van der Waals surface area (Å²) in [5.41, 5.74) is 0.620. The molecule has 3 rings (SSSR count). The predicted octanol–water partition coefficient (Wildman–Crippen LogP) is 2.10. The Morgan fingerprint density at radius 1 is 1.26 bits per heavy atom. The zero-order chi connectivity index (χ0) is 19.6. The van der Waals surface area contributed by atoms with E-state index in [-0.39, 0.29) is 30.1 Å². The van der Waals surface area contributed by atoms with E-state index in [1.54, 1.807) is 20.9 Å². The molecule has 3 aromatic rings. The van der Waals surface area contributed by atoms with Crippen molar-refractivity contribution in [1.29, 1.82) is 0 Å². The number of fused-ring (bicyclic) bond motifs is 1. The number of esters is 1. The molecule has 1 N–H and O–H groups in total. The molecule has 27 heavy (non-hydrogen) atoms. The van der Waals surface area contributed by atoms with Crippen LogP contribution in [-0.4, -0.2) is 31.8 Å². The first-order valence-electron chi connectivity index (χ1n) is 8.53. The summed E-state index contributed by atoms with van der Waals surface area (Å²) in [5, 5.41) is 10.4. The molecule has 2 aromatic heterocycles. The highest BCUT2D eigenvalue weighted by Crippen LogP contribution is 2.28. The molecule has 0 aliphatic rings. The van der Waals surface area contributed by atoms with Gasteiger partial charge in [0.2, 0.25) is 0 Å². The van der Waals surface area contributed by atoms with Crippen LogP contribution in [0.1, 0.15) is 28.8 Å². The van der Waals surface area contributed by atoms with E-state index >= 15 is 0 Å². The van der Waals surface area contributed by atoms with Gasteiger partial charge in [-0.05, 0) is 19.4 Å². The van der Waals surface area contributed by atoms with Gasteiger partial charge in [-0.2, -0.15) is 0 Å². The van der Waals surface area contributed by atoms with Crippen molar-refractivity contribution in [2.24, 2.45) is 7.05 Å². The van der Waals surface area contributed by atoms with Crippen LogP contribution in [0.2, 0.25) is 0 Å². The van der Waals surface area contributed by atoms with Gasteiger partial charge in [0.05, 0.1) is 13.2 Å². The van der Waals surface area contributed by atoms with Gasteiger partial charge in [0.15, 0.2) is 17.1 Å². The highest BCUT2D eigenvalue weighted by molar-refractivity contribution is 6.00. The summed E-state index contributed by atoms with van der Waals surface area (Å²) in [4.78, 5) is 29.3. The molecule has 0 aliphatic heterocycles. The Labute approximate surface area is 155 Å². The van der Waals surface area contributed by atoms with Crippen molar-refractivity contribution < 1.29 is 19.4 Å². The first-order valence-corrected chi connectivity index (χ1v) is 8.53. The highest BCUT2D eigenvalue weighted by Gasteiger charge is 2.26. The van der Waals surface area contributed by atoms with Gasteiger partial charge >= 0.3 is 5.97 Å². The number of aromatic hydroxyl groups is 1. The van der Waals surface area contributed by atoms with Gasteiger partial charge < -0.3 is 19.1 Å². The maximum atomic E-state index is 12.9. The highest BCUT2D eigenvalue weighted by atomic mass is 16.5. The predicted molar refractivity (Wildman–Crippen MR) is 98.6 cm³/mol. The molecule has 0 fully saturated rings. The summed E-state index contributed by atoms with van der Waals surface area (Å²) in [6, 6.07) is 9.57. The second kappa shape index (κ2) is 7.63. The Morgan fingerprint density at radius 2 is 1.96 bits per heavy atom. The van der Waals surface area contributed by atoms with Crippen molar-refractivity contribution in [3.63, 3.8) is 0 Å². The molecule has 0 aliphatic carbocycles. The molecule has 142 valence electrons. The Kier molecular flexibility index (Phi) is 5.27. The zero-order valence-corrected chi connectivity index (χ0v) is 15.4. The second-order valence-corrected chi connectivity index (χ2v) is 6.03. The monoisotopic (exact) mass is 371 g/mol. The number of ether oxygens (including phenoxy) is 2. The van der Waals surface area contributed by atoms with E-state index in [4.69, 9.17) is 9.47 Å². The Bertz CT molecular complexity index is 1040. The van der Waals surface area contributed by atoms with Crippen LogP contribution in [0, 0.1) is 6.92 Å². The van der Waals surface area contributed by atoms with E-state index in [9.17, 15) is 14.7 Å². The lowest BCUT2D eigenvalue weighted by Gasteiger charge is -2.10. The van der Waals surface area contributed by atoms with Gasteiger partial charge in [-0.15, -0.1) is 0 Å². The SMILES string of the molecule is CCOC(=O)c1c(O)c2c(=O)n(COCc3ccccc3)c(C)nc2n1C. The molecule has 8 nitrogen and oxygen atoms in total. The molecular formula is C19H21N3O5. The van der Waals surface area contributed by atoms with Gasteiger partial charge in [-0.1, -0.05) is 30.3 Å². The van der Waals surface area contributed by atoms with Gasteiger partial charge in [0, 0.05) is 7.05 Å². The molecule has 2 heterocycles. The normalized spacial score (nSPS) is 11.1. The molecule has 0 atom stereocenters. The lowest BCUT2D eigenvalue weighted by Crippen LogP contribution is -2.25. The molecule has 0 radical (unpaired) electrons. The van der Waals surface area contributed by atoms with Gasteiger partial charge in [0.1, 0.15) is 17.9 Å². The smallest absolute Gasteiger partial charge is 0.358 e. The fourth-order valence-corrected chi connectivity index (χ4v) is 2.89. The van der Waals surface area contributed by atoms with Crippen molar-refractivity contribution in [3.8, 4) is 5.75 Å². The molecule has 1 aromatic carbocycles. The standard InChI is InChI=1S/C19H21N3O5/c1-4-27-19(25)15-16(23)14-17(21(15)3)20-12(2)22(18(14)24)11-26-10-13-8-6-5-7-9-13/h5-9,23H,4,10-11H2,1-3H3. The maximum Gasteiger partial charge on any atom is 0.358 e. The Morgan fingerprint density at radius 3 is 2.63 bits per heavy atom. The van der Waals surface area contributed by atoms with Gasteiger partial charge in [0.25, 0.3) is 5.56 Å². The number of hydrogen-bond acceptors (Lipinski definition) is 6. The molecule has 0 unspecified atom stereocenters. The molecule has 0 saturated heterocycles. The Balaban J connectivity index is 1.97. The van der Waals surface area contributed by atoms with Crippen LogP contribution in [0.4, 0.5) is 0 Å². The number of rotatable bonds is 6. The van der Waals surface area contributed by atoms with E-state index in [0.29, 0.717) is 12.4 Å².